The van der Waals surface area contributed by atoms with E-state index >= 15 is 0 Å². The number of aliphatic hydroxyl groups is 1. The molecule has 0 aliphatic carbocycles. The zero-order valence-electron chi connectivity index (χ0n) is 12.4. The smallest absolute Gasteiger partial charge is 0.309 e. The Labute approximate surface area is 128 Å². The van der Waals surface area contributed by atoms with Crippen LogP contribution in [0, 0.1) is 0 Å². The highest BCUT2D eigenvalue weighted by molar-refractivity contribution is 6.12. The van der Waals surface area contributed by atoms with Crippen LogP contribution < -0.4 is 10.1 Å². The summed E-state index contributed by atoms with van der Waals surface area (Å²) in [5, 5.41) is 11.7. The van der Waals surface area contributed by atoms with Gasteiger partial charge in [-0.25, -0.2) is 0 Å². The van der Waals surface area contributed by atoms with Crippen LogP contribution in [0.15, 0.2) is 36.0 Å². The van der Waals surface area contributed by atoms with Gasteiger partial charge in [-0.05, 0) is 19.1 Å². The summed E-state index contributed by atoms with van der Waals surface area (Å²) < 4.78 is 10.7. The minimum Gasteiger partial charge on any atom is -0.484 e. The number of nitrogens with one attached hydrogen (secondary N) is 1. The molecule has 0 aromatic heterocycles. The molecule has 2 rings (SSSR count). The van der Waals surface area contributed by atoms with E-state index < -0.39 is 12.1 Å². The van der Waals surface area contributed by atoms with Crippen molar-refractivity contribution in [2.75, 3.05) is 19.8 Å². The fourth-order valence-electron chi connectivity index (χ4n) is 2.20. The van der Waals surface area contributed by atoms with Gasteiger partial charge in [0.15, 0.2) is 5.78 Å². The molecule has 0 saturated heterocycles. The Kier molecular flexibility index (Phi) is 5.55. The molecular formula is C16H19NO5. The van der Waals surface area contributed by atoms with Crippen molar-refractivity contribution < 1.29 is 24.2 Å². The van der Waals surface area contributed by atoms with Crippen molar-refractivity contribution in [3.8, 4) is 5.75 Å². The third kappa shape index (κ3) is 3.65. The van der Waals surface area contributed by atoms with Crippen molar-refractivity contribution >= 4 is 11.8 Å². The molecule has 0 bridgehead atoms. The summed E-state index contributed by atoms with van der Waals surface area (Å²) in [5.41, 5.74) is 0.805. The molecule has 0 fully saturated rings. The summed E-state index contributed by atoms with van der Waals surface area (Å²) in [6, 6.07) is 6.90. The van der Waals surface area contributed by atoms with Crippen molar-refractivity contribution in [2.45, 2.75) is 19.4 Å². The van der Waals surface area contributed by atoms with Crippen molar-refractivity contribution in [2.24, 2.45) is 0 Å². The standard InChI is InChI=1S/C16H19NO5/c1-2-21-15(19)9-14-12(10-17-7-8-18)16(20)11-5-3-4-6-13(11)22-14/h3-6,10,14,17-18H,2,7-9H2,1H3/b12-10-/t14-/m0/s1. The van der Waals surface area contributed by atoms with E-state index in [4.69, 9.17) is 14.6 Å². The molecule has 2 N–H and O–H groups in total. The second-order valence-electron chi connectivity index (χ2n) is 4.72. The lowest BCUT2D eigenvalue weighted by Gasteiger charge is -2.27. The lowest BCUT2D eigenvalue weighted by atomic mass is 9.94. The van der Waals surface area contributed by atoms with Gasteiger partial charge in [0.25, 0.3) is 0 Å². The summed E-state index contributed by atoms with van der Waals surface area (Å²) in [5.74, 6) is -0.157. The van der Waals surface area contributed by atoms with Crippen LogP contribution in [-0.4, -0.2) is 42.7 Å². The van der Waals surface area contributed by atoms with Gasteiger partial charge in [-0.3, -0.25) is 9.59 Å². The van der Waals surface area contributed by atoms with Crippen LogP contribution in [-0.2, 0) is 9.53 Å². The third-order valence-corrected chi connectivity index (χ3v) is 3.18. The molecule has 0 unspecified atom stereocenters. The highest BCUT2D eigenvalue weighted by Crippen LogP contribution is 2.31. The van der Waals surface area contributed by atoms with E-state index in [1.54, 1.807) is 31.2 Å². The number of hydrogen-bond acceptors (Lipinski definition) is 6. The number of ketones is 1. The second kappa shape index (κ2) is 7.61. The molecule has 1 aliphatic heterocycles. The maximum Gasteiger partial charge on any atom is 0.309 e. The lowest BCUT2D eigenvalue weighted by Crippen LogP contribution is -2.34. The molecule has 0 spiro atoms. The number of fused-ring (bicyclic) bond motifs is 1. The molecule has 0 radical (unpaired) electrons. The fraction of sp³-hybridized carbons (Fsp3) is 0.375. The SMILES string of the molecule is CCOC(=O)C[C@@H]1Oc2ccccc2C(=O)/C1=C\NCCO. The number of hydrogen-bond donors (Lipinski definition) is 2. The number of ether oxygens (including phenoxy) is 2. The van der Waals surface area contributed by atoms with Gasteiger partial charge < -0.3 is 19.9 Å². The molecule has 6 nitrogen and oxygen atoms in total. The van der Waals surface area contributed by atoms with Crippen molar-refractivity contribution in [3.05, 3.63) is 41.6 Å². The van der Waals surface area contributed by atoms with Gasteiger partial charge in [-0.15, -0.1) is 0 Å². The van der Waals surface area contributed by atoms with E-state index in [-0.39, 0.29) is 25.4 Å². The van der Waals surface area contributed by atoms with E-state index in [9.17, 15) is 9.59 Å². The molecule has 1 aromatic rings. The molecule has 1 heterocycles. The normalized spacial score (nSPS) is 18.5. The zero-order chi connectivity index (χ0) is 15.9. The van der Waals surface area contributed by atoms with Crippen molar-refractivity contribution in [1.29, 1.82) is 0 Å². The largest absolute Gasteiger partial charge is 0.484 e. The number of para-hydroxylation sites is 1. The van der Waals surface area contributed by atoms with Gasteiger partial charge in [0.05, 0.1) is 30.8 Å². The Morgan fingerprint density at radius 2 is 2.23 bits per heavy atom. The minimum absolute atomic E-state index is 0.0411. The maximum atomic E-state index is 12.6. The van der Waals surface area contributed by atoms with E-state index in [1.165, 1.54) is 6.20 Å². The number of esters is 1. The monoisotopic (exact) mass is 305 g/mol. The van der Waals surface area contributed by atoms with Crippen LogP contribution in [0.4, 0.5) is 0 Å². The van der Waals surface area contributed by atoms with Gasteiger partial charge in [-0.2, -0.15) is 0 Å². The number of carbonyl (C=O) groups excluding carboxylic acids is 2. The van der Waals surface area contributed by atoms with Crippen LogP contribution in [0.25, 0.3) is 0 Å². The van der Waals surface area contributed by atoms with Crippen LogP contribution >= 0.6 is 0 Å². The Morgan fingerprint density at radius 3 is 2.95 bits per heavy atom. The summed E-state index contributed by atoms with van der Waals surface area (Å²) >= 11 is 0. The average molecular weight is 305 g/mol. The first-order valence-corrected chi connectivity index (χ1v) is 7.17. The first kappa shape index (κ1) is 16.0. The number of aliphatic hydroxyl groups excluding tert-OH is 1. The van der Waals surface area contributed by atoms with Gasteiger partial charge in [0.1, 0.15) is 11.9 Å². The fourth-order valence-corrected chi connectivity index (χ4v) is 2.20. The molecule has 0 amide bonds. The Morgan fingerprint density at radius 1 is 1.45 bits per heavy atom. The van der Waals surface area contributed by atoms with Gasteiger partial charge in [-0.1, -0.05) is 12.1 Å². The van der Waals surface area contributed by atoms with Gasteiger partial charge >= 0.3 is 5.97 Å². The van der Waals surface area contributed by atoms with Crippen LogP contribution in [0.1, 0.15) is 23.7 Å². The molecule has 1 atom stereocenters. The third-order valence-electron chi connectivity index (χ3n) is 3.18. The van der Waals surface area contributed by atoms with Crippen LogP contribution in [0.3, 0.4) is 0 Å². The van der Waals surface area contributed by atoms with E-state index in [0.717, 1.165) is 0 Å². The zero-order valence-corrected chi connectivity index (χ0v) is 12.4. The topological polar surface area (TPSA) is 84.9 Å². The summed E-state index contributed by atoms with van der Waals surface area (Å²) in [4.78, 5) is 24.3. The summed E-state index contributed by atoms with van der Waals surface area (Å²) in [6.45, 7) is 2.25. The molecule has 6 heteroatoms. The van der Waals surface area contributed by atoms with E-state index in [2.05, 4.69) is 5.32 Å². The number of carbonyl (C=O) groups is 2. The van der Waals surface area contributed by atoms with Gasteiger partial charge in [0.2, 0.25) is 0 Å². The Hall–Kier alpha value is -2.34. The predicted molar refractivity (Wildman–Crippen MR) is 79.6 cm³/mol. The maximum absolute atomic E-state index is 12.6. The Bertz CT molecular complexity index is 582. The van der Waals surface area contributed by atoms with Crippen LogP contribution in [0.2, 0.25) is 0 Å². The predicted octanol–water partition coefficient (Wildman–Crippen LogP) is 1.05. The number of benzene rings is 1. The minimum atomic E-state index is -0.701. The molecule has 1 aliphatic rings. The first-order chi connectivity index (χ1) is 10.7. The lowest BCUT2D eigenvalue weighted by molar-refractivity contribution is -0.144. The number of rotatable bonds is 6. The van der Waals surface area contributed by atoms with E-state index in [0.29, 0.717) is 23.4 Å². The van der Waals surface area contributed by atoms with Gasteiger partial charge in [0, 0.05) is 12.7 Å². The average Bonchev–Trinajstić information content (AvgIpc) is 2.50. The highest BCUT2D eigenvalue weighted by Gasteiger charge is 2.33. The highest BCUT2D eigenvalue weighted by atomic mass is 16.5. The molecule has 0 saturated carbocycles. The summed E-state index contributed by atoms with van der Waals surface area (Å²) in [7, 11) is 0. The molecule has 22 heavy (non-hydrogen) atoms. The van der Waals surface area contributed by atoms with Crippen LogP contribution in [0.5, 0.6) is 5.75 Å². The number of Topliss-reactive ketones (excluding diaryl/α,β-unsaturated/α-hetero) is 1. The molecule has 118 valence electrons. The molecule has 1 aromatic carbocycles. The summed E-state index contributed by atoms with van der Waals surface area (Å²) in [6.07, 6.45) is 0.756. The molecular weight excluding hydrogens is 286 g/mol. The quantitative estimate of drug-likeness (QED) is 0.464. The van der Waals surface area contributed by atoms with E-state index in [1.807, 2.05) is 0 Å². The van der Waals surface area contributed by atoms with Crippen molar-refractivity contribution in [3.63, 3.8) is 0 Å². The Balaban J connectivity index is 2.26. The van der Waals surface area contributed by atoms with Crippen molar-refractivity contribution in [1.82, 2.24) is 5.32 Å². The second-order valence-corrected chi connectivity index (χ2v) is 4.72. The first-order valence-electron chi connectivity index (χ1n) is 7.17.